The van der Waals surface area contributed by atoms with Crippen molar-refractivity contribution in [3.8, 4) is 17.2 Å². The van der Waals surface area contributed by atoms with Crippen LogP contribution < -0.4 is 24.8 Å². The number of piperidine rings is 1. The predicted octanol–water partition coefficient (Wildman–Crippen LogP) is 2.40. The first-order chi connectivity index (χ1) is 12.6. The minimum atomic E-state index is 0.113. The van der Waals surface area contributed by atoms with Crippen molar-refractivity contribution in [2.45, 2.75) is 32.6 Å². The van der Waals surface area contributed by atoms with Crippen LogP contribution in [0.5, 0.6) is 17.2 Å². The molecule has 0 saturated carbocycles. The summed E-state index contributed by atoms with van der Waals surface area (Å²) >= 11 is 0. The van der Waals surface area contributed by atoms with Crippen LogP contribution >= 0.6 is 0 Å². The molecular formula is C20H32N2O4. The second kappa shape index (κ2) is 10.3. The maximum Gasteiger partial charge on any atom is 0.220 e. The van der Waals surface area contributed by atoms with Crippen molar-refractivity contribution in [3.05, 3.63) is 17.7 Å². The number of carbonyl (C=O) groups is 1. The van der Waals surface area contributed by atoms with Crippen molar-refractivity contribution >= 4 is 5.91 Å². The van der Waals surface area contributed by atoms with E-state index in [1.54, 1.807) is 21.3 Å². The average Bonchev–Trinajstić information content (AvgIpc) is 2.68. The standard InChI is InChI=1S/C20H32N2O4/c1-14(15-5-8-21-9-6-15)11-20(23)22-10-7-17-18(25-3)12-16(24-2)13-19(17)26-4/h12-15,21H,5-11H2,1-4H3,(H,22,23). The Morgan fingerprint density at radius 2 is 1.77 bits per heavy atom. The van der Waals surface area contributed by atoms with Crippen LogP contribution in [0.1, 0.15) is 31.7 Å². The molecule has 1 amide bonds. The fraction of sp³-hybridized carbons (Fsp3) is 0.650. The Balaban J connectivity index is 1.87. The van der Waals surface area contributed by atoms with Crippen molar-refractivity contribution < 1.29 is 19.0 Å². The molecular weight excluding hydrogens is 332 g/mol. The Labute approximate surface area is 156 Å². The molecule has 6 heteroatoms. The largest absolute Gasteiger partial charge is 0.496 e. The molecule has 6 nitrogen and oxygen atoms in total. The number of rotatable bonds is 9. The highest BCUT2D eigenvalue weighted by atomic mass is 16.5. The number of methoxy groups -OCH3 is 3. The van der Waals surface area contributed by atoms with E-state index < -0.39 is 0 Å². The van der Waals surface area contributed by atoms with Crippen molar-refractivity contribution in [2.24, 2.45) is 11.8 Å². The second-order valence-corrected chi connectivity index (χ2v) is 6.88. The number of nitrogens with one attached hydrogen (secondary N) is 2. The van der Waals surface area contributed by atoms with Crippen molar-refractivity contribution in [1.82, 2.24) is 10.6 Å². The molecule has 0 aromatic heterocycles. The van der Waals surface area contributed by atoms with Gasteiger partial charge in [-0.3, -0.25) is 4.79 Å². The highest BCUT2D eigenvalue weighted by molar-refractivity contribution is 5.76. The summed E-state index contributed by atoms with van der Waals surface area (Å²) in [6.45, 7) is 4.86. The summed E-state index contributed by atoms with van der Waals surface area (Å²) in [6.07, 6.45) is 3.55. The molecule has 0 spiro atoms. The molecule has 1 fully saturated rings. The minimum absolute atomic E-state index is 0.113. The predicted molar refractivity (Wildman–Crippen MR) is 102 cm³/mol. The van der Waals surface area contributed by atoms with E-state index in [-0.39, 0.29) is 5.91 Å². The maximum atomic E-state index is 12.3. The normalized spacial score (nSPS) is 16.0. The Morgan fingerprint density at radius 3 is 2.31 bits per heavy atom. The Kier molecular flexibility index (Phi) is 8.04. The highest BCUT2D eigenvalue weighted by Gasteiger charge is 2.22. The van der Waals surface area contributed by atoms with Crippen LogP contribution in [0.15, 0.2) is 12.1 Å². The molecule has 26 heavy (non-hydrogen) atoms. The monoisotopic (exact) mass is 364 g/mol. The summed E-state index contributed by atoms with van der Waals surface area (Å²) in [5.74, 6) is 3.27. The lowest BCUT2D eigenvalue weighted by Crippen LogP contribution is -2.34. The van der Waals surface area contributed by atoms with E-state index in [1.807, 2.05) is 12.1 Å². The van der Waals surface area contributed by atoms with Gasteiger partial charge in [-0.05, 0) is 44.2 Å². The molecule has 2 rings (SSSR count). The first-order valence-electron chi connectivity index (χ1n) is 9.35. The van der Waals surface area contributed by atoms with Crippen LogP contribution in [0.25, 0.3) is 0 Å². The van der Waals surface area contributed by atoms with E-state index in [9.17, 15) is 4.79 Å². The van der Waals surface area contributed by atoms with Gasteiger partial charge in [0.05, 0.1) is 21.3 Å². The molecule has 1 saturated heterocycles. The lowest BCUT2D eigenvalue weighted by atomic mass is 9.84. The topological polar surface area (TPSA) is 68.8 Å². The zero-order valence-electron chi connectivity index (χ0n) is 16.4. The number of hydrogen-bond acceptors (Lipinski definition) is 5. The molecule has 1 aromatic rings. The molecule has 1 atom stereocenters. The van der Waals surface area contributed by atoms with Gasteiger partial charge in [0.1, 0.15) is 17.2 Å². The first kappa shape index (κ1) is 20.4. The zero-order valence-corrected chi connectivity index (χ0v) is 16.4. The molecule has 0 aliphatic carbocycles. The maximum absolute atomic E-state index is 12.3. The van der Waals surface area contributed by atoms with Gasteiger partial charge in [0.15, 0.2) is 0 Å². The Morgan fingerprint density at radius 1 is 1.15 bits per heavy atom. The third-order valence-corrected chi connectivity index (χ3v) is 5.21. The first-order valence-corrected chi connectivity index (χ1v) is 9.35. The van der Waals surface area contributed by atoms with Gasteiger partial charge in [-0.25, -0.2) is 0 Å². The number of hydrogen-bond donors (Lipinski definition) is 2. The highest BCUT2D eigenvalue weighted by Crippen LogP contribution is 2.34. The van der Waals surface area contributed by atoms with Crippen molar-refractivity contribution in [1.29, 1.82) is 0 Å². The van der Waals surface area contributed by atoms with E-state index >= 15 is 0 Å². The second-order valence-electron chi connectivity index (χ2n) is 6.88. The number of benzene rings is 1. The minimum Gasteiger partial charge on any atom is -0.496 e. The van der Waals surface area contributed by atoms with E-state index in [0.29, 0.717) is 48.5 Å². The van der Waals surface area contributed by atoms with Crippen LogP contribution in [-0.4, -0.2) is 46.9 Å². The molecule has 1 unspecified atom stereocenters. The summed E-state index contributed by atoms with van der Waals surface area (Å²) in [5, 5.41) is 6.41. The van der Waals surface area contributed by atoms with E-state index in [4.69, 9.17) is 14.2 Å². The van der Waals surface area contributed by atoms with Crippen LogP contribution in [0.3, 0.4) is 0 Å². The summed E-state index contributed by atoms with van der Waals surface area (Å²) in [6, 6.07) is 3.66. The summed E-state index contributed by atoms with van der Waals surface area (Å²) < 4.78 is 16.2. The van der Waals surface area contributed by atoms with Gasteiger partial charge in [-0.2, -0.15) is 0 Å². The van der Waals surface area contributed by atoms with Gasteiger partial charge in [0, 0.05) is 30.7 Å². The third kappa shape index (κ3) is 5.53. The van der Waals surface area contributed by atoms with Crippen molar-refractivity contribution in [3.63, 3.8) is 0 Å². The lowest BCUT2D eigenvalue weighted by molar-refractivity contribution is -0.122. The fourth-order valence-corrected chi connectivity index (χ4v) is 3.60. The smallest absolute Gasteiger partial charge is 0.220 e. The van der Waals surface area contributed by atoms with Gasteiger partial charge in [0.25, 0.3) is 0 Å². The SMILES string of the molecule is COc1cc(OC)c(CCNC(=O)CC(C)C2CCNCC2)c(OC)c1. The van der Waals surface area contributed by atoms with Gasteiger partial charge >= 0.3 is 0 Å². The van der Waals surface area contributed by atoms with Crippen molar-refractivity contribution in [2.75, 3.05) is 41.0 Å². The van der Waals surface area contributed by atoms with Gasteiger partial charge in [-0.1, -0.05) is 6.92 Å². The molecule has 146 valence electrons. The summed E-state index contributed by atoms with van der Waals surface area (Å²) in [5.41, 5.74) is 0.933. The van der Waals surface area contributed by atoms with Crippen LogP contribution in [0.2, 0.25) is 0 Å². The van der Waals surface area contributed by atoms with Crippen LogP contribution in [0.4, 0.5) is 0 Å². The number of amides is 1. The van der Waals surface area contributed by atoms with Gasteiger partial charge in [-0.15, -0.1) is 0 Å². The fourth-order valence-electron chi connectivity index (χ4n) is 3.60. The molecule has 1 aliphatic heterocycles. The molecule has 1 aliphatic rings. The summed E-state index contributed by atoms with van der Waals surface area (Å²) in [7, 11) is 4.85. The Bertz CT molecular complexity index is 560. The van der Waals surface area contributed by atoms with E-state index in [0.717, 1.165) is 31.5 Å². The molecule has 1 aromatic carbocycles. The Hall–Kier alpha value is -1.95. The molecule has 1 heterocycles. The van der Waals surface area contributed by atoms with E-state index in [2.05, 4.69) is 17.6 Å². The van der Waals surface area contributed by atoms with Crippen LogP contribution in [0, 0.1) is 11.8 Å². The molecule has 0 bridgehead atoms. The molecule has 2 N–H and O–H groups in total. The van der Waals surface area contributed by atoms with Crippen LogP contribution in [-0.2, 0) is 11.2 Å². The summed E-state index contributed by atoms with van der Waals surface area (Å²) in [4.78, 5) is 12.3. The zero-order chi connectivity index (χ0) is 18.9. The van der Waals surface area contributed by atoms with Gasteiger partial charge < -0.3 is 24.8 Å². The lowest BCUT2D eigenvalue weighted by Gasteiger charge is -2.27. The van der Waals surface area contributed by atoms with Gasteiger partial charge in [0.2, 0.25) is 5.91 Å². The van der Waals surface area contributed by atoms with E-state index in [1.165, 1.54) is 0 Å². The number of carbonyl (C=O) groups excluding carboxylic acids is 1. The average molecular weight is 364 g/mol. The third-order valence-electron chi connectivity index (χ3n) is 5.21. The molecule has 0 radical (unpaired) electrons. The number of ether oxygens (including phenoxy) is 3. The quantitative estimate of drug-likeness (QED) is 0.704.